The Labute approximate surface area is 80.0 Å². The van der Waals surface area contributed by atoms with Crippen LogP contribution in [0.15, 0.2) is 0 Å². The summed E-state index contributed by atoms with van der Waals surface area (Å²) in [7, 11) is 0. The molecule has 3 atom stereocenters. The fraction of sp³-hybridized carbons (Fsp3) is 1.00. The van der Waals surface area contributed by atoms with Crippen molar-refractivity contribution in [3.8, 4) is 0 Å². The van der Waals surface area contributed by atoms with E-state index in [0.29, 0.717) is 0 Å². The normalized spacial score (nSPS) is 43.8. The van der Waals surface area contributed by atoms with Gasteiger partial charge in [-0.3, -0.25) is 0 Å². The first-order valence-corrected chi connectivity index (χ1v) is 5.27. The highest BCUT2D eigenvalue weighted by Crippen LogP contribution is 2.36. The minimum atomic E-state index is -0.0852. The number of hydrogen-bond donors (Lipinski definition) is 2. The quantitative estimate of drug-likeness (QED) is 0.663. The molecule has 2 aliphatic rings. The van der Waals surface area contributed by atoms with Crippen molar-refractivity contribution in [3.63, 3.8) is 0 Å². The van der Waals surface area contributed by atoms with Crippen LogP contribution in [0.1, 0.15) is 19.8 Å². The molecule has 1 aliphatic carbocycles. The summed E-state index contributed by atoms with van der Waals surface area (Å²) in [5, 5.41) is 3.46. The Morgan fingerprint density at radius 2 is 2.38 bits per heavy atom. The average molecular weight is 184 g/mol. The molecule has 1 saturated carbocycles. The Hall–Kier alpha value is -0.120. The molecule has 2 fully saturated rings. The lowest BCUT2D eigenvalue weighted by Gasteiger charge is -2.22. The Bertz CT molecular complexity index is 178. The van der Waals surface area contributed by atoms with Gasteiger partial charge in [0.15, 0.2) is 0 Å². The molecule has 1 heterocycles. The van der Waals surface area contributed by atoms with Crippen molar-refractivity contribution in [2.45, 2.75) is 25.3 Å². The Kier molecular flexibility index (Phi) is 2.58. The minimum Gasteiger partial charge on any atom is -0.379 e. The van der Waals surface area contributed by atoms with Crippen molar-refractivity contribution >= 4 is 0 Å². The zero-order valence-corrected chi connectivity index (χ0v) is 8.38. The highest BCUT2D eigenvalue weighted by molar-refractivity contribution is 4.91. The molecule has 76 valence electrons. The predicted octanol–water partition coefficient (Wildman–Crippen LogP) is 0.350. The van der Waals surface area contributed by atoms with Crippen LogP contribution in [0.5, 0.6) is 0 Å². The second kappa shape index (κ2) is 3.56. The molecule has 13 heavy (non-hydrogen) atoms. The van der Waals surface area contributed by atoms with Crippen LogP contribution in [0.2, 0.25) is 0 Å². The SMILES string of the molecule is CC1CC1CNCC1(N)CCOC1. The summed E-state index contributed by atoms with van der Waals surface area (Å²) in [6.45, 7) is 5.91. The van der Waals surface area contributed by atoms with Gasteiger partial charge in [0.05, 0.1) is 12.1 Å². The summed E-state index contributed by atoms with van der Waals surface area (Å²) in [6, 6.07) is 0. The van der Waals surface area contributed by atoms with Crippen LogP contribution in [0.3, 0.4) is 0 Å². The van der Waals surface area contributed by atoms with E-state index in [2.05, 4.69) is 12.2 Å². The first-order valence-electron chi connectivity index (χ1n) is 5.27. The summed E-state index contributed by atoms with van der Waals surface area (Å²) in [4.78, 5) is 0. The van der Waals surface area contributed by atoms with Crippen LogP contribution in [0.4, 0.5) is 0 Å². The van der Waals surface area contributed by atoms with E-state index in [1.165, 1.54) is 6.42 Å². The van der Waals surface area contributed by atoms with E-state index in [0.717, 1.165) is 44.6 Å². The number of hydrogen-bond acceptors (Lipinski definition) is 3. The van der Waals surface area contributed by atoms with E-state index >= 15 is 0 Å². The summed E-state index contributed by atoms with van der Waals surface area (Å²) in [5.41, 5.74) is 6.03. The van der Waals surface area contributed by atoms with Gasteiger partial charge >= 0.3 is 0 Å². The van der Waals surface area contributed by atoms with Gasteiger partial charge in [0.25, 0.3) is 0 Å². The highest BCUT2D eigenvalue weighted by atomic mass is 16.5. The molecule has 3 unspecified atom stereocenters. The number of rotatable bonds is 4. The zero-order valence-electron chi connectivity index (χ0n) is 8.38. The van der Waals surface area contributed by atoms with Crippen molar-refractivity contribution in [3.05, 3.63) is 0 Å². The zero-order chi connectivity index (χ0) is 9.31. The summed E-state index contributed by atoms with van der Waals surface area (Å²) in [5.74, 6) is 1.84. The number of ether oxygens (including phenoxy) is 1. The fourth-order valence-electron chi connectivity index (χ4n) is 1.95. The maximum absolute atomic E-state index is 6.11. The van der Waals surface area contributed by atoms with Gasteiger partial charge in [-0.1, -0.05) is 6.92 Å². The molecule has 3 nitrogen and oxygen atoms in total. The van der Waals surface area contributed by atoms with E-state index < -0.39 is 0 Å². The van der Waals surface area contributed by atoms with Gasteiger partial charge in [-0.15, -0.1) is 0 Å². The van der Waals surface area contributed by atoms with Crippen molar-refractivity contribution in [2.24, 2.45) is 17.6 Å². The van der Waals surface area contributed by atoms with Gasteiger partial charge in [0.2, 0.25) is 0 Å². The van der Waals surface area contributed by atoms with Crippen LogP contribution in [0, 0.1) is 11.8 Å². The molecule has 0 amide bonds. The van der Waals surface area contributed by atoms with Crippen LogP contribution in [0.25, 0.3) is 0 Å². The average Bonchev–Trinajstić information content (AvgIpc) is 2.62. The van der Waals surface area contributed by atoms with Gasteiger partial charge < -0.3 is 15.8 Å². The predicted molar refractivity (Wildman–Crippen MR) is 52.5 cm³/mol. The maximum atomic E-state index is 6.11. The van der Waals surface area contributed by atoms with Crippen LogP contribution in [-0.2, 0) is 4.74 Å². The Balaban J connectivity index is 1.61. The van der Waals surface area contributed by atoms with E-state index in [1.807, 2.05) is 0 Å². The number of nitrogens with two attached hydrogens (primary N) is 1. The highest BCUT2D eigenvalue weighted by Gasteiger charge is 2.34. The van der Waals surface area contributed by atoms with E-state index in [1.54, 1.807) is 0 Å². The lowest BCUT2D eigenvalue weighted by Crippen LogP contribution is -2.49. The molecule has 3 heteroatoms. The van der Waals surface area contributed by atoms with Crippen LogP contribution < -0.4 is 11.1 Å². The van der Waals surface area contributed by atoms with Gasteiger partial charge in [-0.25, -0.2) is 0 Å². The first-order chi connectivity index (χ1) is 6.20. The molecule has 0 radical (unpaired) electrons. The summed E-state index contributed by atoms with van der Waals surface area (Å²) in [6.07, 6.45) is 2.39. The van der Waals surface area contributed by atoms with Crippen molar-refractivity contribution < 1.29 is 4.74 Å². The smallest absolute Gasteiger partial charge is 0.0659 e. The third-order valence-corrected chi connectivity index (χ3v) is 3.29. The lowest BCUT2D eigenvalue weighted by molar-refractivity contribution is 0.177. The first kappa shape index (κ1) is 9.44. The second-order valence-corrected chi connectivity index (χ2v) is 4.77. The molecular weight excluding hydrogens is 164 g/mol. The lowest BCUT2D eigenvalue weighted by atomic mass is 10.0. The van der Waals surface area contributed by atoms with E-state index in [9.17, 15) is 0 Å². The van der Waals surface area contributed by atoms with Crippen molar-refractivity contribution in [2.75, 3.05) is 26.3 Å². The molecule has 1 saturated heterocycles. The molecular formula is C10H20N2O. The molecule has 0 aromatic heterocycles. The van der Waals surface area contributed by atoms with E-state index in [-0.39, 0.29) is 5.54 Å². The third-order valence-electron chi connectivity index (χ3n) is 3.29. The third kappa shape index (κ3) is 2.42. The Morgan fingerprint density at radius 1 is 1.62 bits per heavy atom. The van der Waals surface area contributed by atoms with Crippen LogP contribution in [-0.4, -0.2) is 31.8 Å². The fourth-order valence-corrected chi connectivity index (χ4v) is 1.95. The largest absolute Gasteiger partial charge is 0.379 e. The monoisotopic (exact) mass is 184 g/mol. The van der Waals surface area contributed by atoms with Gasteiger partial charge in [0.1, 0.15) is 0 Å². The van der Waals surface area contributed by atoms with Gasteiger partial charge in [-0.2, -0.15) is 0 Å². The summed E-state index contributed by atoms with van der Waals surface area (Å²) >= 11 is 0. The molecule has 0 aromatic carbocycles. The minimum absolute atomic E-state index is 0.0852. The van der Waals surface area contributed by atoms with Crippen molar-refractivity contribution in [1.29, 1.82) is 0 Å². The summed E-state index contributed by atoms with van der Waals surface area (Å²) < 4.78 is 5.29. The molecule has 0 spiro atoms. The Morgan fingerprint density at radius 3 is 2.92 bits per heavy atom. The van der Waals surface area contributed by atoms with Crippen molar-refractivity contribution in [1.82, 2.24) is 5.32 Å². The maximum Gasteiger partial charge on any atom is 0.0659 e. The topological polar surface area (TPSA) is 47.3 Å². The standard InChI is InChI=1S/C10H20N2O/c1-8-4-9(8)5-12-6-10(11)2-3-13-7-10/h8-9,12H,2-7,11H2,1H3. The molecule has 1 aliphatic heterocycles. The van der Waals surface area contributed by atoms with Crippen LogP contribution >= 0.6 is 0 Å². The molecule has 2 rings (SSSR count). The molecule has 3 N–H and O–H groups in total. The van der Waals surface area contributed by atoms with Gasteiger partial charge in [0, 0.05) is 13.2 Å². The number of nitrogens with one attached hydrogen (secondary N) is 1. The molecule has 0 aromatic rings. The molecule has 0 bridgehead atoms. The van der Waals surface area contributed by atoms with Gasteiger partial charge in [-0.05, 0) is 31.2 Å². The van der Waals surface area contributed by atoms with E-state index in [4.69, 9.17) is 10.5 Å². The second-order valence-electron chi connectivity index (χ2n) is 4.77.